The van der Waals surface area contributed by atoms with E-state index in [1.807, 2.05) is 12.1 Å². The standard InChI is InChI=1S/C25H31N5O3S/c1-15(2)20-14-34-22(27-20)7-5-18-9-10-30-21(11-18)28-24(19(25(30)33)6-8-23(31)32)29-12-16(3)26-17(4)13-29/h6,8-11,14-17,26H,5,7,12-13H2,1-4H3,(H,31,32)/b8-6+/t16-,17+. The zero-order valence-corrected chi connectivity index (χ0v) is 20.8. The lowest BCUT2D eigenvalue weighted by Gasteiger charge is -2.37. The van der Waals surface area contributed by atoms with Crippen molar-refractivity contribution in [3.63, 3.8) is 0 Å². The second-order valence-corrected chi connectivity index (χ2v) is 10.2. The van der Waals surface area contributed by atoms with Gasteiger partial charge in [0.1, 0.15) is 11.5 Å². The minimum Gasteiger partial charge on any atom is -0.478 e. The third-order valence-electron chi connectivity index (χ3n) is 5.95. The van der Waals surface area contributed by atoms with E-state index >= 15 is 0 Å². The molecule has 0 aromatic carbocycles. The minimum absolute atomic E-state index is 0.223. The van der Waals surface area contributed by atoms with Gasteiger partial charge in [0.15, 0.2) is 0 Å². The Labute approximate surface area is 203 Å². The molecule has 3 aromatic heterocycles. The van der Waals surface area contributed by atoms with Crippen molar-refractivity contribution in [2.24, 2.45) is 0 Å². The number of nitrogens with zero attached hydrogens (tertiary/aromatic N) is 4. The number of fused-ring (bicyclic) bond motifs is 1. The monoisotopic (exact) mass is 481 g/mol. The second-order valence-electron chi connectivity index (χ2n) is 9.28. The molecule has 2 atom stereocenters. The molecule has 0 amide bonds. The summed E-state index contributed by atoms with van der Waals surface area (Å²) in [5, 5.41) is 15.8. The number of nitrogens with one attached hydrogen (secondary N) is 1. The molecule has 3 aromatic rings. The van der Waals surface area contributed by atoms with Crippen LogP contribution in [0.3, 0.4) is 0 Å². The van der Waals surface area contributed by atoms with E-state index in [1.165, 1.54) is 10.5 Å². The number of piperazine rings is 1. The summed E-state index contributed by atoms with van der Waals surface area (Å²) in [5.74, 6) is -0.156. The van der Waals surface area contributed by atoms with Crippen molar-refractivity contribution >= 4 is 34.8 Å². The molecule has 0 bridgehead atoms. The molecule has 0 saturated carbocycles. The van der Waals surface area contributed by atoms with Gasteiger partial charge in [-0.25, -0.2) is 14.8 Å². The molecule has 1 saturated heterocycles. The third-order valence-corrected chi connectivity index (χ3v) is 6.87. The Morgan fingerprint density at radius 3 is 2.65 bits per heavy atom. The van der Waals surface area contributed by atoms with Gasteiger partial charge in [0.25, 0.3) is 5.56 Å². The fraction of sp³-hybridized carbons (Fsp3) is 0.440. The first-order valence-corrected chi connectivity index (χ1v) is 12.5. The van der Waals surface area contributed by atoms with Crippen LogP contribution in [0.4, 0.5) is 5.82 Å². The van der Waals surface area contributed by atoms with Crippen LogP contribution < -0.4 is 15.8 Å². The van der Waals surface area contributed by atoms with Gasteiger partial charge in [0, 0.05) is 49.2 Å². The number of aliphatic carboxylic acids is 1. The van der Waals surface area contributed by atoms with Crippen molar-refractivity contribution in [3.8, 4) is 0 Å². The predicted octanol–water partition coefficient (Wildman–Crippen LogP) is 3.34. The number of hydrogen-bond acceptors (Lipinski definition) is 7. The molecule has 0 aliphatic carbocycles. The van der Waals surface area contributed by atoms with Crippen LogP contribution in [0.25, 0.3) is 11.7 Å². The average molecular weight is 482 g/mol. The highest BCUT2D eigenvalue weighted by Gasteiger charge is 2.25. The summed E-state index contributed by atoms with van der Waals surface area (Å²) in [6, 6.07) is 4.31. The Hall–Kier alpha value is -3.04. The second kappa shape index (κ2) is 10.1. The molecular weight excluding hydrogens is 450 g/mol. The van der Waals surface area contributed by atoms with Crippen molar-refractivity contribution in [2.75, 3.05) is 18.0 Å². The van der Waals surface area contributed by atoms with Crippen molar-refractivity contribution in [3.05, 3.63) is 62.0 Å². The highest BCUT2D eigenvalue weighted by molar-refractivity contribution is 7.09. The summed E-state index contributed by atoms with van der Waals surface area (Å²) in [4.78, 5) is 36.2. The summed E-state index contributed by atoms with van der Waals surface area (Å²) in [5.41, 5.74) is 2.78. The molecule has 0 unspecified atom stereocenters. The van der Waals surface area contributed by atoms with Crippen molar-refractivity contribution in [1.82, 2.24) is 19.7 Å². The predicted molar refractivity (Wildman–Crippen MR) is 136 cm³/mol. The molecule has 1 aliphatic heterocycles. The fourth-order valence-electron chi connectivity index (χ4n) is 4.34. The molecule has 8 nitrogen and oxygen atoms in total. The maximum Gasteiger partial charge on any atom is 0.328 e. The molecule has 4 heterocycles. The van der Waals surface area contributed by atoms with Crippen LogP contribution in [0.1, 0.15) is 55.4 Å². The van der Waals surface area contributed by atoms with Crippen LogP contribution in [-0.4, -0.2) is 50.6 Å². The van der Waals surface area contributed by atoms with Gasteiger partial charge in [-0.05, 0) is 50.0 Å². The summed E-state index contributed by atoms with van der Waals surface area (Å²) in [6.45, 7) is 9.83. The Kier molecular flexibility index (Phi) is 7.13. The number of carboxylic acid groups (broad SMARTS) is 1. The van der Waals surface area contributed by atoms with Crippen molar-refractivity contribution < 1.29 is 9.90 Å². The van der Waals surface area contributed by atoms with E-state index in [0.29, 0.717) is 30.5 Å². The zero-order valence-electron chi connectivity index (χ0n) is 20.0. The van der Waals surface area contributed by atoms with Crippen LogP contribution in [0.5, 0.6) is 0 Å². The van der Waals surface area contributed by atoms with E-state index in [2.05, 4.69) is 43.3 Å². The van der Waals surface area contributed by atoms with Crippen LogP contribution in [-0.2, 0) is 17.6 Å². The van der Waals surface area contributed by atoms with E-state index < -0.39 is 5.97 Å². The van der Waals surface area contributed by atoms with Gasteiger partial charge in [0.05, 0.1) is 16.3 Å². The molecule has 9 heteroatoms. The van der Waals surface area contributed by atoms with Gasteiger partial charge < -0.3 is 15.3 Å². The molecule has 34 heavy (non-hydrogen) atoms. The largest absolute Gasteiger partial charge is 0.478 e. The van der Waals surface area contributed by atoms with E-state index in [-0.39, 0.29) is 23.2 Å². The number of pyridine rings is 1. The molecular formula is C25H31N5O3S. The normalized spacial score (nSPS) is 18.9. The number of aromatic nitrogens is 3. The number of hydrogen-bond donors (Lipinski definition) is 2. The van der Waals surface area contributed by atoms with Crippen LogP contribution in [0.15, 0.2) is 34.6 Å². The summed E-state index contributed by atoms with van der Waals surface area (Å²) in [7, 11) is 0. The topological polar surface area (TPSA) is 99.8 Å². The summed E-state index contributed by atoms with van der Waals surface area (Å²) >= 11 is 1.68. The molecule has 0 spiro atoms. The van der Waals surface area contributed by atoms with Crippen LogP contribution in [0, 0.1) is 0 Å². The molecule has 2 N–H and O–H groups in total. The lowest BCUT2D eigenvalue weighted by atomic mass is 10.1. The Bertz CT molecular complexity index is 1270. The van der Waals surface area contributed by atoms with Gasteiger partial charge in [-0.2, -0.15) is 0 Å². The number of anilines is 1. The molecule has 4 rings (SSSR count). The van der Waals surface area contributed by atoms with E-state index in [1.54, 1.807) is 17.5 Å². The van der Waals surface area contributed by atoms with E-state index in [4.69, 9.17) is 15.1 Å². The molecule has 0 radical (unpaired) electrons. The molecule has 180 valence electrons. The fourth-order valence-corrected chi connectivity index (χ4v) is 5.29. The minimum atomic E-state index is -1.10. The van der Waals surface area contributed by atoms with Gasteiger partial charge in [0.2, 0.25) is 0 Å². The van der Waals surface area contributed by atoms with Crippen molar-refractivity contribution in [2.45, 2.75) is 58.5 Å². The average Bonchev–Trinajstić information content (AvgIpc) is 3.25. The van der Waals surface area contributed by atoms with Crippen LogP contribution >= 0.6 is 11.3 Å². The van der Waals surface area contributed by atoms with Crippen molar-refractivity contribution in [1.29, 1.82) is 0 Å². The first-order valence-electron chi connectivity index (χ1n) is 11.6. The van der Waals surface area contributed by atoms with E-state index in [0.717, 1.165) is 35.2 Å². The Morgan fingerprint density at radius 1 is 1.26 bits per heavy atom. The summed E-state index contributed by atoms with van der Waals surface area (Å²) < 4.78 is 1.49. The first-order chi connectivity index (χ1) is 16.2. The van der Waals surface area contributed by atoms with Gasteiger partial charge in [-0.3, -0.25) is 9.20 Å². The van der Waals surface area contributed by atoms with Crippen LogP contribution in [0.2, 0.25) is 0 Å². The number of thiazole rings is 1. The maximum atomic E-state index is 13.4. The quantitative estimate of drug-likeness (QED) is 0.499. The first kappa shape index (κ1) is 24.1. The number of rotatable bonds is 7. The summed E-state index contributed by atoms with van der Waals surface area (Å²) in [6.07, 6.45) is 5.72. The zero-order chi connectivity index (χ0) is 24.4. The Balaban J connectivity index is 1.70. The van der Waals surface area contributed by atoms with Gasteiger partial charge >= 0.3 is 5.97 Å². The smallest absolute Gasteiger partial charge is 0.328 e. The number of carbonyl (C=O) groups is 1. The Morgan fingerprint density at radius 2 is 2.00 bits per heavy atom. The number of aryl methyl sites for hydroxylation is 2. The van der Waals surface area contributed by atoms with E-state index in [9.17, 15) is 9.59 Å². The molecule has 1 aliphatic rings. The molecule has 1 fully saturated rings. The lowest BCUT2D eigenvalue weighted by molar-refractivity contribution is -0.131. The van der Waals surface area contributed by atoms with Gasteiger partial charge in [-0.1, -0.05) is 13.8 Å². The maximum absolute atomic E-state index is 13.4. The third kappa shape index (κ3) is 5.37. The number of carboxylic acids is 1. The lowest BCUT2D eigenvalue weighted by Crippen LogP contribution is -2.55. The van der Waals surface area contributed by atoms with Gasteiger partial charge in [-0.15, -0.1) is 11.3 Å². The highest BCUT2D eigenvalue weighted by Crippen LogP contribution is 2.22. The highest BCUT2D eigenvalue weighted by atomic mass is 32.1. The SMILES string of the molecule is CC(C)c1csc(CCc2ccn3c(=O)c(/C=C/C(=O)O)c(N4C[C@@H](C)N[C@@H](C)C4)nc3c2)n1.